The van der Waals surface area contributed by atoms with E-state index in [4.69, 9.17) is 11.6 Å². The van der Waals surface area contributed by atoms with Crippen molar-refractivity contribution in [3.63, 3.8) is 0 Å². The summed E-state index contributed by atoms with van der Waals surface area (Å²) < 4.78 is 29.0. The highest BCUT2D eigenvalue weighted by Gasteiger charge is 2.16. The number of halogens is 1. The summed E-state index contributed by atoms with van der Waals surface area (Å²) in [6.45, 7) is 7.45. The Balaban J connectivity index is 1.69. The summed E-state index contributed by atoms with van der Waals surface area (Å²) in [4.78, 5) is 12.7. The first-order chi connectivity index (χ1) is 14.6. The highest BCUT2D eigenvalue weighted by Crippen LogP contribution is 2.22. The Hall–Kier alpha value is -2.68. The molecule has 0 spiro atoms. The van der Waals surface area contributed by atoms with Gasteiger partial charge in [0.1, 0.15) is 0 Å². The number of nitrogens with zero attached hydrogens (tertiary/aromatic N) is 2. The van der Waals surface area contributed by atoms with Gasteiger partial charge in [0.05, 0.1) is 27.0 Å². The number of carbonyl (C=O) groups excluding carboxylic acids is 1. The Morgan fingerprint density at radius 3 is 2.39 bits per heavy atom. The minimum atomic E-state index is -3.59. The quantitative estimate of drug-likeness (QED) is 0.561. The maximum Gasteiger partial charge on any atom is 0.251 e. The van der Waals surface area contributed by atoms with Crippen LogP contribution in [0.2, 0.25) is 5.02 Å². The minimum absolute atomic E-state index is 0.167. The van der Waals surface area contributed by atoms with Crippen LogP contribution >= 0.6 is 11.6 Å². The monoisotopic (exact) mass is 460 g/mol. The molecule has 9 heteroatoms. The molecule has 0 radical (unpaired) electrons. The Labute approximate surface area is 187 Å². The van der Waals surface area contributed by atoms with Crippen molar-refractivity contribution < 1.29 is 13.2 Å². The molecule has 2 aromatic carbocycles. The average molecular weight is 461 g/mol. The van der Waals surface area contributed by atoms with Gasteiger partial charge >= 0.3 is 0 Å². The van der Waals surface area contributed by atoms with E-state index in [2.05, 4.69) is 15.1 Å². The summed E-state index contributed by atoms with van der Waals surface area (Å²) in [6, 6.07) is 13.3. The standard InChI is InChI=1S/C22H25ClN4O3S/c1-14(2)26-31(29,30)20-7-5-6-17(12-20)13-24-22(28)18-8-10-19(11-9-18)27-16(4)21(23)15(3)25-27/h5-12,14,26H,13H2,1-4H3,(H,24,28). The number of aromatic nitrogens is 2. The van der Waals surface area contributed by atoms with Gasteiger partial charge in [-0.05, 0) is 69.7 Å². The molecule has 1 heterocycles. The van der Waals surface area contributed by atoms with Crippen LogP contribution in [0.4, 0.5) is 0 Å². The molecular formula is C22H25ClN4O3S. The molecule has 0 aliphatic heterocycles. The molecular weight excluding hydrogens is 436 g/mol. The lowest BCUT2D eigenvalue weighted by Gasteiger charge is -2.11. The van der Waals surface area contributed by atoms with Crippen molar-refractivity contribution >= 4 is 27.5 Å². The molecule has 0 unspecified atom stereocenters. The topological polar surface area (TPSA) is 93.1 Å². The van der Waals surface area contributed by atoms with Crippen LogP contribution in [0.25, 0.3) is 5.69 Å². The molecule has 0 saturated carbocycles. The van der Waals surface area contributed by atoms with Crippen LogP contribution in [0.3, 0.4) is 0 Å². The molecule has 31 heavy (non-hydrogen) atoms. The Morgan fingerprint density at radius 2 is 1.81 bits per heavy atom. The van der Waals surface area contributed by atoms with Gasteiger partial charge in [0.15, 0.2) is 0 Å². The summed E-state index contributed by atoms with van der Waals surface area (Å²) in [7, 11) is -3.59. The second kappa shape index (κ2) is 9.21. The van der Waals surface area contributed by atoms with Gasteiger partial charge in [0.25, 0.3) is 5.91 Å². The maximum absolute atomic E-state index is 12.5. The Bertz CT molecular complexity index is 1200. The normalized spacial score (nSPS) is 11.7. The van der Waals surface area contributed by atoms with Crippen LogP contribution in [0.1, 0.15) is 41.2 Å². The van der Waals surface area contributed by atoms with Crippen molar-refractivity contribution in [1.82, 2.24) is 19.8 Å². The molecule has 0 aliphatic rings. The van der Waals surface area contributed by atoms with E-state index < -0.39 is 10.0 Å². The number of sulfonamides is 1. The maximum atomic E-state index is 12.5. The fourth-order valence-electron chi connectivity index (χ4n) is 3.11. The SMILES string of the molecule is Cc1nn(-c2ccc(C(=O)NCc3cccc(S(=O)(=O)NC(C)C)c3)cc2)c(C)c1Cl. The van der Waals surface area contributed by atoms with Crippen LogP contribution < -0.4 is 10.0 Å². The van der Waals surface area contributed by atoms with Gasteiger partial charge in [-0.25, -0.2) is 17.8 Å². The van der Waals surface area contributed by atoms with E-state index in [9.17, 15) is 13.2 Å². The third-order valence-electron chi connectivity index (χ3n) is 4.63. The number of hydrogen-bond donors (Lipinski definition) is 2. The number of hydrogen-bond acceptors (Lipinski definition) is 4. The Kier molecular flexibility index (Phi) is 6.83. The second-order valence-electron chi connectivity index (χ2n) is 7.55. The van der Waals surface area contributed by atoms with Crippen molar-refractivity contribution in [2.45, 2.75) is 45.2 Å². The van der Waals surface area contributed by atoms with Crippen LogP contribution in [0, 0.1) is 13.8 Å². The Morgan fingerprint density at radius 1 is 1.13 bits per heavy atom. The predicted octanol–water partition coefficient (Wildman–Crippen LogP) is 3.76. The van der Waals surface area contributed by atoms with Crippen LogP contribution in [0.15, 0.2) is 53.4 Å². The smallest absolute Gasteiger partial charge is 0.251 e. The number of benzene rings is 2. The molecule has 0 saturated heterocycles. The fraction of sp³-hybridized carbons (Fsp3) is 0.273. The lowest BCUT2D eigenvalue weighted by molar-refractivity contribution is 0.0951. The van der Waals surface area contributed by atoms with Crippen LogP contribution in [-0.4, -0.2) is 30.1 Å². The highest BCUT2D eigenvalue weighted by atomic mass is 35.5. The van der Waals surface area contributed by atoms with Crippen molar-refractivity contribution in [2.75, 3.05) is 0 Å². The summed E-state index contributed by atoms with van der Waals surface area (Å²) >= 11 is 6.20. The van der Waals surface area contributed by atoms with E-state index in [-0.39, 0.29) is 23.4 Å². The summed E-state index contributed by atoms with van der Waals surface area (Å²) in [5.41, 5.74) is 3.56. The zero-order valence-corrected chi connectivity index (χ0v) is 19.4. The minimum Gasteiger partial charge on any atom is -0.348 e. The number of nitrogens with one attached hydrogen (secondary N) is 2. The summed E-state index contributed by atoms with van der Waals surface area (Å²) in [6.07, 6.45) is 0. The summed E-state index contributed by atoms with van der Waals surface area (Å²) in [5, 5.41) is 7.85. The fourth-order valence-corrected chi connectivity index (χ4v) is 4.55. The first-order valence-corrected chi connectivity index (χ1v) is 11.7. The molecule has 7 nitrogen and oxygen atoms in total. The van der Waals surface area contributed by atoms with Crippen molar-refractivity contribution in [3.05, 3.63) is 76.1 Å². The zero-order chi connectivity index (χ0) is 22.8. The lowest BCUT2D eigenvalue weighted by Crippen LogP contribution is -2.30. The molecule has 2 N–H and O–H groups in total. The van der Waals surface area contributed by atoms with E-state index in [0.717, 1.165) is 17.1 Å². The van der Waals surface area contributed by atoms with Gasteiger partial charge in [-0.3, -0.25) is 4.79 Å². The zero-order valence-electron chi connectivity index (χ0n) is 17.8. The molecule has 0 aliphatic carbocycles. The second-order valence-corrected chi connectivity index (χ2v) is 9.64. The lowest BCUT2D eigenvalue weighted by atomic mass is 10.1. The molecule has 1 aromatic heterocycles. The van der Waals surface area contributed by atoms with Gasteiger partial charge < -0.3 is 5.32 Å². The molecule has 3 rings (SSSR count). The molecule has 0 atom stereocenters. The van der Waals surface area contributed by atoms with Gasteiger partial charge in [-0.1, -0.05) is 23.7 Å². The van der Waals surface area contributed by atoms with Crippen LogP contribution in [0.5, 0.6) is 0 Å². The highest BCUT2D eigenvalue weighted by molar-refractivity contribution is 7.89. The van der Waals surface area contributed by atoms with Crippen molar-refractivity contribution in [2.24, 2.45) is 0 Å². The number of amides is 1. The van der Waals surface area contributed by atoms with E-state index >= 15 is 0 Å². The van der Waals surface area contributed by atoms with Gasteiger partial charge in [0, 0.05) is 18.2 Å². The number of carbonyl (C=O) groups is 1. The van der Waals surface area contributed by atoms with Crippen molar-refractivity contribution in [1.29, 1.82) is 0 Å². The van der Waals surface area contributed by atoms with Gasteiger partial charge in [0.2, 0.25) is 10.0 Å². The van der Waals surface area contributed by atoms with E-state index in [1.807, 2.05) is 13.8 Å². The van der Waals surface area contributed by atoms with Crippen LogP contribution in [-0.2, 0) is 16.6 Å². The largest absolute Gasteiger partial charge is 0.348 e. The number of aryl methyl sites for hydroxylation is 1. The molecule has 0 fully saturated rings. The van der Waals surface area contributed by atoms with E-state index in [0.29, 0.717) is 16.1 Å². The number of rotatable bonds is 7. The summed E-state index contributed by atoms with van der Waals surface area (Å²) in [5.74, 6) is -0.258. The molecule has 164 valence electrons. The third kappa shape index (κ3) is 5.33. The average Bonchev–Trinajstić information content (AvgIpc) is 2.99. The van der Waals surface area contributed by atoms with Gasteiger partial charge in [-0.15, -0.1) is 0 Å². The van der Waals surface area contributed by atoms with Crippen molar-refractivity contribution in [3.8, 4) is 5.69 Å². The first kappa shape index (κ1) is 23.0. The first-order valence-electron chi connectivity index (χ1n) is 9.80. The molecule has 3 aromatic rings. The van der Waals surface area contributed by atoms with E-state index in [1.54, 1.807) is 61.0 Å². The molecule has 0 bridgehead atoms. The van der Waals surface area contributed by atoms with E-state index in [1.165, 1.54) is 6.07 Å². The third-order valence-corrected chi connectivity index (χ3v) is 6.83. The van der Waals surface area contributed by atoms with Gasteiger partial charge in [-0.2, -0.15) is 5.10 Å². The molecule has 1 amide bonds. The predicted molar refractivity (Wildman–Crippen MR) is 121 cm³/mol.